The van der Waals surface area contributed by atoms with Crippen LogP contribution in [0.2, 0.25) is 0 Å². The zero-order chi connectivity index (χ0) is 21.9. The number of anilines is 1. The molecule has 3 aromatic rings. The SMILES string of the molecule is CC(=O)Oc1ccc([C@H]2C3=C(Nc4c2c(=O)[nH]c(=O)n4C)c2ccccc2C3=O)cc1. The lowest BCUT2D eigenvalue weighted by Crippen LogP contribution is -2.37. The van der Waals surface area contributed by atoms with Gasteiger partial charge in [-0.05, 0) is 17.7 Å². The lowest BCUT2D eigenvalue weighted by Gasteiger charge is -2.29. The summed E-state index contributed by atoms with van der Waals surface area (Å²) in [6.45, 7) is 1.31. The van der Waals surface area contributed by atoms with Crippen molar-refractivity contribution in [1.82, 2.24) is 9.55 Å². The summed E-state index contributed by atoms with van der Waals surface area (Å²) in [5.41, 5.74) is 2.12. The van der Waals surface area contributed by atoms with Gasteiger partial charge in [0.25, 0.3) is 5.56 Å². The van der Waals surface area contributed by atoms with Gasteiger partial charge >= 0.3 is 11.7 Å². The molecule has 0 spiro atoms. The van der Waals surface area contributed by atoms with E-state index in [-0.39, 0.29) is 11.3 Å². The van der Waals surface area contributed by atoms with Crippen molar-refractivity contribution in [2.24, 2.45) is 7.05 Å². The smallest absolute Gasteiger partial charge is 0.329 e. The Bertz CT molecular complexity index is 1430. The number of aromatic amines is 1. The minimum absolute atomic E-state index is 0.175. The normalized spacial score (nSPS) is 16.3. The zero-order valence-corrected chi connectivity index (χ0v) is 16.7. The van der Waals surface area contributed by atoms with Crippen molar-refractivity contribution >= 4 is 23.3 Å². The summed E-state index contributed by atoms with van der Waals surface area (Å²) in [6, 6.07) is 13.8. The highest BCUT2D eigenvalue weighted by atomic mass is 16.5. The number of H-pyrrole nitrogens is 1. The first-order valence-corrected chi connectivity index (χ1v) is 9.63. The molecule has 2 heterocycles. The summed E-state index contributed by atoms with van der Waals surface area (Å²) in [4.78, 5) is 52.0. The van der Waals surface area contributed by atoms with E-state index >= 15 is 0 Å². The van der Waals surface area contributed by atoms with Gasteiger partial charge in [-0.25, -0.2) is 4.79 Å². The summed E-state index contributed by atoms with van der Waals surface area (Å²) in [5, 5.41) is 3.17. The molecule has 1 atom stereocenters. The standard InChI is InChI=1S/C23H17N3O5/c1-11(27)31-13-9-7-12(8-10-13)16-17-19(14-5-3-4-6-15(14)20(17)28)24-21-18(16)22(29)25-23(30)26(21)2/h3-10,16,24H,1-2H3,(H,25,29,30)/t16-/m0/s1. The highest BCUT2D eigenvalue weighted by Gasteiger charge is 2.42. The summed E-state index contributed by atoms with van der Waals surface area (Å²) in [7, 11) is 1.55. The number of hydrogen-bond acceptors (Lipinski definition) is 6. The number of benzene rings is 2. The molecule has 154 valence electrons. The van der Waals surface area contributed by atoms with E-state index in [9.17, 15) is 19.2 Å². The summed E-state index contributed by atoms with van der Waals surface area (Å²) >= 11 is 0. The van der Waals surface area contributed by atoms with E-state index in [1.165, 1.54) is 11.5 Å². The van der Waals surface area contributed by atoms with E-state index in [2.05, 4.69) is 10.3 Å². The molecule has 5 rings (SSSR count). The topological polar surface area (TPSA) is 110 Å². The molecule has 2 aromatic carbocycles. The van der Waals surface area contributed by atoms with Crippen LogP contribution >= 0.6 is 0 Å². The third-order valence-electron chi connectivity index (χ3n) is 5.61. The second-order valence-corrected chi connectivity index (χ2v) is 7.46. The number of allylic oxidation sites excluding steroid dienone is 1. The first kappa shape index (κ1) is 18.8. The molecule has 0 saturated heterocycles. The number of ketones is 1. The van der Waals surface area contributed by atoms with E-state index < -0.39 is 23.1 Å². The lowest BCUT2D eigenvalue weighted by molar-refractivity contribution is -0.131. The Hall–Kier alpha value is -4.20. The fraction of sp³-hybridized carbons (Fsp3) is 0.130. The molecule has 0 unspecified atom stereocenters. The minimum Gasteiger partial charge on any atom is -0.427 e. The van der Waals surface area contributed by atoms with Crippen molar-refractivity contribution in [2.45, 2.75) is 12.8 Å². The molecular weight excluding hydrogens is 398 g/mol. The van der Waals surface area contributed by atoms with Crippen molar-refractivity contribution < 1.29 is 14.3 Å². The number of carbonyl (C=O) groups is 2. The maximum atomic E-state index is 13.4. The number of fused-ring (bicyclic) bond motifs is 3. The van der Waals surface area contributed by atoms with Gasteiger partial charge in [0.15, 0.2) is 5.78 Å². The van der Waals surface area contributed by atoms with Gasteiger partial charge in [-0.3, -0.25) is 23.9 Å². The van der Waals surface area contributed by atoms with Crippen molar-refractivity contribution in [2.75, 3.05) is 5.32 Å². The molecule has 31 heavy (non-hydrogen) atoms. The monoisotopic (exact) mass is 415 g/mol. The van der Waals surface area contributed by atoms with E-state index in [4.69, 9.17) is 4.74 Å². The number of ether oxygens (including phenoxy) is 1. The number of Topliss-reactive ketones (excluding diaryl/α,β-unsaturated/α-hetero) is 1. The molecule has 0 radical (unpaired) electrons. The number of carbonyl (C=O) groups excluding carboxylic acids is 2. The molecule has 0 amide bonds. The van der Waals surface area contributed by atoms with Crippen molar-refractivity contribution in [3.8, 4) is 5.75 Å². The number of rotatable bonds is 2. The van der Waals surface area contributed by atoms with Crippen LogP contribution in [0.3, 0.4) is 0 Å². The molecule has 1 aromatic heterocycles. The molecule has 0 saturated carbocycles. The highest BCUT2D eigenvalue weighted by molar-refractivity contribution is 6.23. The van der Waals surface area contributed by atoms with Crippen LogP contribution in [0.5, 0.6) is 5.75 Å². The largest absolute Gasteiger partial charge is 0.427 e. The number of hydrogen-bond donors (Lipinski definition) is 2. The Labute approximate surface area is 175 Å². The van der Waals surface area contributed by atoms with Crippen LogP contribution in [0.25, 0.3) is 5.70 Å². The van der Waals surface area contributed by atoms with Crippen LogP contribution < -0.4 is 21.3 Å². The van der Waals surface area contributed by atoms with Gasteiger partial charge in [0.05, 0.1) is 11.3 Å². The number of esters is 1. The van der Waals surface area contributed by atoms with Crippen LogP contribution in [0.15, 0.2) is 63.7 Å². The van der Waals surface area contributed by atoms with Crippen LogP contribution in [0.4, 0.5) is 5.82 Å². The highest BCUT2D eigenvalue weighted by Crippen LogP contribution is 2.47. The maximum Gasteiger partial charge on any atom is 0.329 e. The van der Waals surface area contributed by atoms with E-state index in [1.807, 2.05) is 12.1 Å². The molecule has 1 aliphatic heterocycles. The van der Waals surface area contributed by atoms with Gasteiger partial charge in [-0.2, -0.15) is 0 Å². The Morgan fingerprint density at radius 3 is 2.35 bits per heavy atom. The third-order valence-corrected chi connectivity index (χ3v) is 5.61. The van der Waals surface area contributed by atoms with Gasteiger partial charge < -0.3 is 10.1 Å². The number of nitrogens with zero attached hydrogens (tertiary/aromatic N) is 1. The zero-order valence-electron chi connectivity index (χ0n) is 16.7. The maximum absolute atomic E-state index is 13.4. The van der Waals surface area contributed by atoms with E-state index in [0.717, 1.165) is 5.56 Å². The third kappa shape index (κ3) is 2.76. The number of aromatic nitrogens is 2. The summed E-state index contributed by atoms with van der Waals surface area (Å²) in [5.74, 6) is -0.627. The van der Waals surface area contributed by atoms with Crippen molar-refractivity contribution in [1.29, 1.82) is 0 Å². The minimum atomic E-state index is -0.701. The van der Waals surface area contributed by atoms with Crippen LogP contribution in [0.1, 0.15) is 39.9 Å². The predicted molar refractivity (Wildman–Crippen MR) is 113 cm³/mol. The average molecular weight is 415 g/mol. The Kier molecular flexibility index (Phi) is 4.04. The molecule has 0 fully saturated rings. The van der Waals surface area contributed by atoms with Gasteiger partial charge in [0, 0.05) is 36.6 Å². The summed E-state index contributed by atoms with van der Waals surface area (Å²) < 4.78 is 6.43. The molecule has 0 bridgehead atoms. The fourth-order valence-corrected chi connectivity index (χ4v) is 4.26. The lowest BCUT2D eigenvalue weighted by atomic mass is 9.81. The fourth-order valence-electron chi connectivity index (χ4n) is 4.26. The average Bonchev–Trinajstić information content (AvgIpc) is 3.03. The van der Waals surface area contributed by atoms with Gasteiger partial charge in [-0.15, -0.1) is 0 Å². The van der Waals surface area contributed by atoms with Crippen LogP contribution in [-0.2, 0) is 11.8 Å². The van der Waals surface area contributed by atoms with Crippen LogP contribution in [-0.4, -0.2) is 21.3 Å². The van der Waals surface area contributed by atoms with Crippen molar-refractivity contribution in [3.63, 3.8) is 0 Å². The second-order valence-electron chi connectivity index (χ2n) is 7.46. The summed E-state index contributed by atoms with van der Waals surface area (Å²) in [6.07, 6.45) is 0. The number of nitrogens with one attached hydrogen (secondary N) is 2. The molecule has 8 heteroatoms. The first-order chi connectivity index (χ1) is 14.9. The second kappa shape index (κ2) is 6.66. The van der Waals surface area contributed by atoms with Gasteiger partial charge in [0.2, 0.25) is 0 Å². The van der Waals surface area contributed by atoms with E-state index in [0.29, 0.717) is 34.0 Å². The molecular formula is C23H17N3O5. The molecule has 2 aliphatic rings. The van der Waals surface area contributed by atoms with Gasteiger partial charge in [0.1, 0.15) is 11.6 Å². The molecule has 1 aliphatic carbocycles. The van der Waals surface area contributed by atoms with Crippen molar-refractivity contribution in [3.05, 3.63) is 97.2 Å². The quantitative estimate of drug-likeness (QED) is 0.490. The van der Waals surface area contributed by atoms with Gasteiger partial charge in [-0.1, -0.05) is 36.4 Å². The van der Waals surface area contributed by atoms with E-state index in [1.54, 1.807) is 43.4 Å². The molecule has 2 N–H and O–H groups in total. The molecule has 8 nitrogen and oxygen atoms in total. The first-order valence-electron chi connectivity index (χ1n) is 9.63. The van der Waals surface area contributed by atoms with Crippen LogP contribution in [0, 0.1) is 0 Å². The predicted octanol–water partition coefficient (Wildman–Crippen LogP) is 2.16. The Morgan fingerprint density at radius 2 is 1.68 bits per heavy atom. The Morgan fingerprint density at radius 1 is 1.00 bits per heavy atom. The Balaban J connectivity index is 1.77.